The van der Waals surface area contributed by atoms with Crippen LogP contribution in [-0.4, -0.2) is 44.7 Å². The minimum absolute atomic E-state index is 0.189. The zero-order valence-electron chi connectivity index (χ0n) is 10.8. The first-order valence-electron chi connectivity index (χ1n) is 5.95. The fourth-order valence-electron chi connectivity index (χ4n) is 1.94. The van der Waals surface area contributed by atoms with E-state index in [2.05, 4.69) is 10.2 Å². The second kappa shape index (κ2) is 5.09. The van der Waals surface area contributed by atoms with E-state index in [0.29, 0.717) is 10.9 Å². The average molecular weight is 261 g/mol. The van der Waals surface area contributed by atoms with Crippen LogP contribution in [0.5, 0.6) is 0 Å². The summed E-state index contributed by atoms with van der Waals surface area (Å²) >= 11 is 0. The van der Waals surface area contributed by atoms with Gasteiger partial charge in [0.2, 0.25) is 0 Å². The van der Waals surface area contributed by atoms with Crippen LogP contribution in [0.3, 0.4) is 0 Å². The number of carboxylic acid groups (broad SMARTS) is 1. The highest BCUT2D eigenvalue weighted by Crippen LogP contribution is 2.18. The lowest BCUT2D eigenvalue weighted by Crippen LogP contribution is -2.40. The Morgan fingerprint density at radius 3 is 2.79 bits per heavy atom. The molecule has 0 aliphatic heterocycles. The van der Waals surface area contributed by atoms with Gasteiger partial charge in [0.25, 0.3) is 5.91 Å². The lowest BCUT2D eigenvalue weighted by molar-refractivity contribution is -0.138. The summed E-state index contributed by atoms with van der Waals surface area (Å²) in [6.45, 7) is 3.26. The molecule has 1 amide bonds. The monoisotopic (exact) mass is 261 g/mol. The first-order chi connectivity index (χ1) is 9.00. The van der Waals surface area contributed by atoms with Crippen molar-refractivity contribution in [3.63, 3.8) is 0 Å². The van der Waals surface area contributed by atoms with Crippen molar-refractivity contribution < 1.29 is 14.7 Å². The average Bonchev–Trinajstić information content (AvgIpc) is 2.82. The molecule has 0 fully saturated rings. The van der Waals surface area contributed by atoms with Gasteiger partial charge in [0.15, 0.2) is 0 Å². The van der Waals surface area contributed by atoms with Crippen LogP contribution in [0, 0.1) is 0 Å². The van der Waals surface area contributed by atoms with Gasteiger partial charge >= 0.3 is 5.97 Å². The number of aromatic amines is 1. The van der Waals surface area contributed by atoms with Crippen LogP contribution in [0.2, 0.25) is 0 Å². The molecule has 0 aliphatic rings. The number of hydrogen-bond donors (Lipinski definition) is 2. The molecule has 2 N–H and O–H groups in total. The van der Waals surface area contributed by atoms with Crippen molar-refractivity contribution in [2.45, 2.75) is 19.9 Å². The normalized spacial score (nSPS) is 10.9. The first-order valence-corrected chi connectivity index (χ1v) is 5.95. The molecular formula is C13H15N3O3. The molecule has 6 heteroatoms. The molecule has 0 saturated heterocycles. The number of rotatable bonds is 4. The molecule has 1 aromatic carbocycles. The van der Waals surface area contributed by atoms with Gasteiger partial charge in [-0.05, 0) is 26.0 Å². The summed E-state index contributed by atoms with van der Waals surface area (Å²) < 4.78 is 0. The van der Waals surface area contributed by atoms with Crippen molar-refractivity contribution in [1.29, 1.82) is 0 Å². The van der Waals surface area contributed by atoms with E-state index in [9.17, 15) is 9.59 Å². The molecule has 2 aromatic rings. The standard InChI is InChI=1S/C13H15N3O3/c1-8(2)16(7-12(17)18)13(19)9-4-3-5-11-10(9)6-14-15-11/h3-6,8H,7H2,1-2H3,(H,14,15)(H,17,18). The molecule has 6 nitrogen and oxygen atoms in total. The van der Waals surface area contributed by atoms with E-state index < -0.39 is 5.97 Å². The van der Waals surface area contributed by atoms with E-state index in [1.807, 2.05) is 6.07 Å². The predicted molar refractivity (Wildman–Crippen MR) is 69.9 cm³/mol. The molecule has 0 spiro atoms. The number of carbonyl (C=O) groups is 2. The molecule has 1 heterocycles. The Balaban J connectivity index is 2.41. The number of hydrogen-bond acceptors (Lipinski definition) is 3. The number of carbonyl (C=O) groups excluding carboxylic acids is 1. The van der Waals surface area contributed by atoms with Crippen molar-refractivity contribution >= 4 is 22.8 Å². The maximum atomic E-state index is 12.5. The summed E-state index contributed by atoms with van der Waals surface area (Å²) in [5.74, 6) is -1.33. The van der Waals surface area contributed by atoms with Crippen LogP contribution >= 0.6 is 0 Å². The van der Waals surface area contributed by atoms with Crippen LogP contribution in [0.1, 0.15) is 24.2 Å². The van der Waals surface area contributed by atoms with Gasteiger partial charge in [-0.2, -0.15) is 5.10 Å². The molecule has 100 valence electrons. The summed E-state index contributed by atoms with van der Waals surface area (Å²) in [7, 11) is 0. The van der Waals surface area contributed by atoms with Gasteiger partial charge in [0, 0.05) is 11.4 Å². The van der Waals surface area contributed by atoms with Crippen molar-refractivity contribution in [2.75, 3.05) is 6.54 Å². The Kier molecular flexibility index (Phi) is 3.50. The molecule has 0 unspecified atom stereocenters. The fourth-order valence-corrected chi connectivity index (χ4v) is 1.94. The molecule has 2 rings (SSSR count). The quantitative estimate of drug-likeness (QED) is 0.873. The van der Waals surface area contributed by atoms with Gasteiger partial charge in [-0.25, -0.2) is 0 Å². The van der Waals surface area contributed by atoms with E-state index in [0.717, 1.165) is 5.52 Å². The number of carboxylic acids is 1. The maximum absolute atomic E-state index is 12.5. The summed E-state index contributed by atoms with van der Waals surface area (Å²) in [6, 6.07) is 5.05. The van der Waals surface area contributed by atoms with Crippen LogP contribution in [-0.2, 0) is 4.79 Å². The highest BCUT2D eigenvalue weighted by molar-refractivity contribution is 6.06. The molecule has 0 atom stereocenters. The lowest BCUT2D eigenvalue weighted by Gasteiger charge is -2.25. The first kappa shape index (κ1) is 13.1. The van der Waals surface area contributed by atoms with Gasteiger partial charge in [-0.1, -0.05) is 6.07 Å². The maximum Gasteiger partial charge on any atom is 0.323 e. The second-order valence-corrected chi connectivity index (χ2v) is 4.56. The van der Waals surface area contributed by atoms with Gasteiger partial charge in [-0.3, -0.25) is 14.7 Å². The van der Waals surface area contributed by atoms with Gasteiger partial charge in [0.05, 0.1) is 17.3 Å². The zero-order valence-corrected chi connectivity index (χ0v) is 10.8. The fraction of sp³-hybridized carbons (Fsp3) is 0.308. The Labute approximate surface area is 110 Å². The largest absolute Gasteiger partial charge is 0.480 e. The van der Waals surface area contributed by atoms with E-state index in [-0.39, 0.29) is 18.5 Å². The third-order valence-electron chi connectivity index (χ3n) is 2.90. The lowest BCUT2D eigenvalue weighted by atomic mass is 10.1. The highest BCUT2D eigenvalue weighted by Gasteiger charge is 2.23. The number of aliphatic carboxylic acids is 1. The topological polar surface area (TPSA) is 86.3 Å². The Morgan fingerprint density at radius 1 is 1.42 bits per heavy atom. The molecular weight excluding hydrogens is 246 g/mol. The predicted octanol–water partition coefficient (Wildman–Crippen LogP) is 1.50. The van der Waals surface area contributed by atoms with E-state index in [1.165, 1.54) is 4.90 Å². The van der Waals surface area contributed by atoms with Gasteiger partial charge < -0.3 is 10.0 Å². The third-order valence-corrected chi connectivity index (χ3v) is 2.90. The molecule has 0 radical (unpaired) electrons. The highest BCUT2D eigenvalue weighted by atomic mass is 16.4. The van der Waals surface area contributed by atoms with E-state index in [4.69, 9.17) is 5.11 Å². The summed E-state index contributed by atoms with van der Waals surface area (Å²) in [6.07, 6.45) is 1.57. The minimum Gasteiger partial charge on any atom is -0.480 e. The molecule has 0 bridgehead atoms. The summed E-state index contributed by atoms with van der Waals surface area (Å²) in [4.78, 5) is 24.6. The Hall–Kier alpha value is -2.37. The molecule has 0 saturated carbocycles. The summed E-state index contributed by atoms with van der Waals surface area (Å²) in [5, 5.41) is 16.3. The van der Waals surface area contributed by atoms with Crippen molar-refractivity contribution in [3.8, 4) is 0 Å². The van der Waals surface area contributed by atoms with Crippen molar-refractivity contribution in [3.05, 3.63) is 30.0 Å². The number of nitrogens with one attached hydrogen (secondary N) is 1. The molecule has 19 heavy (non-hydrogen) atoms. The Morgan fingerprint density at radius 2 is 2.16 bits per heavy atom. The van der Waals surface area contributed by atoms with E-state index >= 15 is 0 Å². The number of nitrogens with zero attached hydrogens (tertiary/aromatic N) is 2. The van der Waals surface area contributed by atoms with Gasteiger partial charge in [0.1, 0.15) is 6.54 Å². The van der Waals surface area contributed by atoms with Gasteiger partial charge in [-0.15, -0.1) is 0 Å². The Bertz CT molecular complexity index is 618. The summed E-state index contributed by atoms with van der Waals surface area (Å²) in [5.41, 5.74) is 1.21. The minimum atomic E-state index is -1.03. The second-order valence-electron chi connectivity index (χ2n) is 4.56. The van der Waals surface area contributed by atoms with E-state index in [1.54, 1.807) is 32.2 Å². The van der Waals surface area contributed by atoms with Crippen LogP contribution in [0.15, 0.2) is 24.4 Å². The van der Waals surface area contributed by atoms with Crippen LogP contribution < -0.4 is 0 Å². The van der Waals surface area contributed by atoms with Crippen LogP contribution in [0.25, 0.3) is 10.9 Å². The third kappa shape index (κ3) is 2.57. The van der Waals surface area contributed by atoms with Crippen molar-refractivity contribution in [2.24, 2.45) is 0 Å². The smallest absolute Gasteiger partial charge is 0.323 e. The number of benzene rings is 1. The molecule has 1 aromatic heterocycles. The SMILES string of the molecule is CC(C)N(CC(=O)O)C(=O)c1cccc2[nH]ncc12. The zero-order chi connectivity index (χ0) is 14.0. The van der Waals surface area contributed by atoms with Crippen molar-refractivity contribution in [1.82, 2.24) is 15.1 Å². The number of fused-ring (bicyclic) bond motifs is 1. The number of H-pyrrole nitrogens is 1. The molecule has 0 aliphatic carbocycles. The van der Waals surface area contributed by atoms with Crippen LogP contribution in [0.4, 0.5) is 0 Å². The number of aromatic nitrogens is 2. The number of amides is 1.